The fraction of sp³-hybridized carbons (Fsp3) is 0.412. The highest BCUT2D eigenvalue weighted by Crippen LogP contribution is 2.37. The van der Waals surface area contributed by atoms with Gasteiger partial charge in [0.1, 0.15) is 11.6 Å². The van der Waals surface area contributed by atoms with Crippen LogP contribution in [0.25, 0.3) is 10.9 Å². The van der Waals surface area contributed by atoms with Crippen molar-refractivity contribution in [1.82, 2.24) is 10.3 Å². The van der Waals surface area contributed by atoms with Gasteiger partial charge in [-0.1, -0.05) is 0 Å². The number of aromatic amines is 1. The van der Waals surface area contributed by atoms with Gasteiger partial charge in [0.25, 0.3) is 0 Å². The molecule has 25 heavy (non-hydrogen) atoms. The molecule has 0 saturated heterocycles. The highest BCUT2D eigenvalue weighted by molar-refractivity contribution is 5.88. The van der Waals surface area contributed by atoms with Crippen LogP contribution in [0.2, 0.25) is 0 Å². The number of ether oxygens (including phenoxy) is 3. The molecule has 1 aromatic heterocycles. The molecule has 1 aliphatic rings. The number of alkyl carbamates (subject to hydrolysis) is 1. The van der Waals surface area contributed by atoms with Crippen molar-refractivity contribution in [3.05, 3.63) is 23.9 Å². The molecule has 0 aliphatic carbocycles. The third kappa shape index (κ3) is 3.78. The van der Waals surface area contributed by atoms with E-state index in [0.29, 0.717) is 11.5 Å². The van der Waals surface area contributed by atoms with Crippen LogP contribution in [0.15, 0.2) is 18.3 Å². The number of carbonyl (C=O) groups is 2. The number of carboxylic acids is 1. The minimum absolute atomic E-state index is 0.105. The van der Waals surface area contributed by atoms with Crippen LogP contribution >= 0.6 is 0 Å². The van der Waals surface area contributed by atoms with Gasteiger partial charge >= 0.3 is 12.1 Å². The number of carbonyl (C=O) groups excluding carboxylic acids is 1. The first kappa shape index (κ1) is 16.9. The third-order valence-corrected chi connectivity index (χ3v) is 3.67. The number of aromatic nitrogens is 1. The van der Waals surface area contributed by atoms with Gasteiger partial charge in [0.15, 0.2) is 11.5 Å². The zero-order chi connectivity index (χ0) is 18.2. The Morgan fingerprint density at radius 1 is 1.32 bits per heavy atom. The maximum absolute atomic E-state index is 11.9. The molecule has 8 heteroatoms. The number of nitrogens with one attached hydrogen (secondary N) is 2. The predicted octanol–water partition coefficient (Wildman–Crippen LogP) is 2.42. The minimum Gasteiger partial charge on any atom is -0.480 e. The lowest BCUT2D eigenvalue weighted by Gasteiger charge is -2.22. The van der Waals surface area contributed by atoms with E-state index in [4.69, 9.17) is 14.2 Å². The number of aliphatic carboxylic acids is 1. The summed E-state index contributed by atoms with van der Waals surface area (Å²) in [6.07, 6.45) is 1.05. The molecular formula is C17H20N2O6. The molecule has 3 rings (SSSR count). The summed E-state index contributed by atoms with van der Waals surface area (Å²) in [5, 5.41) is 12.6. The van der Waals surface area contributed by atoms with Crippen LogP contribution in [0.3, 0.4) is 0 Å². The van der Waals surface area contributed by atoms with Gasteiger partial charge in [-0.05, 0) is 32.4 Å². The van der Waals surface area contributed by atoms with Gasteiger partial charge in [0.2, 0.25) is 6.79 Å². The maximum atomic E-state index is 11.9. The Hall–Kier alpha value is -2.90. The SMILES string of the molecule is CC(C)(C)OC(=O)NC(Cc1c[nH]c2cc3c(cc12)OCO3)C(=O)O. The molecule has 0 spiro atoms. The van der Waals surface area contributed by atoms with Gasteiger partial charge in [-0.25, -0.2) is 9.59 Å². The van der Waals surface area contributed by atoms with Crippen LogP contribution in [-0.2, 0) is 16.0 Å². The summed E-state index contributed by atoms with van der Waals surface area (Å²) in [5.74, 6) is 0.115. The second-order valence-electron chi connectivity index (χ2n) is 6.81. The molecular weight excluding hydrogens is 328 g/mol. The Balaban J connectivity index is 1.80. The lowest BCUT2D eigenvalue weighted by molar-refractivity contribution is -0.139. The Morgan fingerprint density at radius 3 is 2.64 bits per heavy atom. The molecule has 8 nitrogen and oxygen atoms in total. The summed E-state index contributed by atoms with van der Waals surface area (Å²) in [4.78, 5) is 26.5. The van der Waals surface area contributed by atoms with Gasteiger partial charge in [0, 0.05) is 29.6 Å². The zero-order valence-corrected chi connectivity index (χ0v) is 14.2. The van der Waals surface area contributed by atoms with E-state index < -0.39 is 23.7 Å². The second kappa shape index (κ2) is 6.19. The molecule has 1 atom stereocenters. The molecule has 3 N–H and O–H groups in total. The normalized spacial score (nSPS) is 14.4. The van der Waals surface area contributed by atoms with E-state index in [2.05, 4.69) is 10.3 Å². The van der Waals surface area contributed by atoms with Crippen molar-refractivity contribution in [3.63, 3.8) is 0 Å². The molecule has 2 aromatic rings. The highest BCUT2D eigenvalue weighted by atomic mass is 16.7. The lowest BCUT2D eigenvalue weighted by Crippen LogP contribution is -2.44. The van der Waals surface area contributed by atoms with Crippen LogP contribution in [0.1, 0.15) is 26.3 Å². The summed E-state index contributed by atoms with van der Waals surface area (Å²) < 4.78 is 15.8. The number of H-pyrrole nitrogens is 1. The summed E-state index contributed by atoms with van der Waals surface area (Å²) in [5.41, 5.74) is 0.851. The summed E-state index contributed by atoms with van der Waals surface area (Å²) in [7, 11) is 0. The standard InChI is InChI=1S/C17H20N2O6/c1-17(2,3)25-16(22)19-12(15(20)21)4-9-7-18-11-6-14-13(5-10(9)11)23-8-24-14/h5-7,12,18H,4,8H2,1-3H3,(H,19,22)(H,20,21). The van der Waals surface area contributed by atoms with Gasteiger partial charge < -0.3 is 29.6 Å². The average Bonchev–Trinajstić information content (AvgIpc) is 3.08. The Bertz CT molecular complexity index is 820. The molecule has 2 heterocycles. The quantitative estimate of drug-likeness (QED) is 0.783. The first-order valence-corrected chi connectivity index (χ1v) is 7.85. The van der Waals surface area contributed by atoms with Gasteiger partial charge in [0.05, 0.1) is 0 Å². The largest absolute Gasteiger partial charge is 0.480 e. The Kier molecular flexibility index (Phi) is 4.20. The zero-order valence-electron chi connectivity index (χ0n) is 14.2. The van der Waals surface area contributed by atoms with Crippen molar-refractivity contribution >= 4 is 23.0 Å². The fourth-order valence-electron chi connectivity index (χ4n) is 2.61. The molecule has 1 aromatic carbocycles. The van der Waals surface area contributed by atoms with E-state index in [9.17, 15) is 14.7 Å². The van der Waals surface area contributed by atoms with Crippen molar-refractivity contribution in [2.75, 3.05) is 6.79 Å². The van der Waals surface area contributed by atoms with Crippen molar-refractivity contribution in [2.45, 2.75) is 38.8 Å². The Labute approximate surface area is 144 Å². The molecule has 134 valence electrons. The molecule has 0 bridgehead atoms. The van der Waals surface area contributed by atoms with Crippen LogP contribution in [-0.4, -0.2) is 40.6 Å². The first-order valence-electron chi connectivity index (χ1n) is 7.85. The van der Waals surface area contributed by atoms with E-state index >= 15 is 0 Å². The van der Waals surface area contributed by atoms with Gasteiger partial charge in [-0.3, -0.25) is 0 Å². The van der Waals surface area contributed by atoms with Gasteiger partial charge in [-0.15, -0.1) is 0 Å². The summed E-state index contributed by atoms with van der Waals surface area (Å²) in [6.45, 7) is 5.30. The van der Waals surface area contributed by atoms with Crippen LogP contribution in [0.4, 0.5) is 4.79 Å². The average molecular weight is 348 g/mol. The second-order valence-corrected chi connectivity index (χ2v) is 6.81. The Morgan fingerprint density at radius 2 is 2.00 bits per heavy atom. The smallest absolute Gasteiger partial charge is 0.408 e. The maximum Gasteiger partial charge on any atom is 0.408 e. The number of hydrogen-bond donors (Lipinski definition) is 3. The van der Waals surface area contributed by atoms with Crippen molar-refractivity contribution in [2.24, 2.45) is 0 Å². The van der Waals surface area contributed by atoms with Gasteiger partial charge in [-0.2, -0.15) is 0 Å². The van der Waals surface area contributed by atoms with E-state index in [1.54, 1.807) is 39.1 Å². The molecule has 0 fully saturated rings. The lowest BCUT2D eigenvalue weighted by atomic mass is 10.0. The first-order chi connectivity index (χ1) is 11.7. The number of fused-ring (bicyclic) bond motifs is 2. The molecule has 0 saturated carbocycles. The minimum atomic E-state index is -1.14. The summed E-state index contributed by atoms with van der Waals surface area (Å²) >= 11 is 0. The number of hydrogen-bond acceptors (Lipinski definition) is 5. The summed E-state index contributed by atoms with van der Waals surface area (Å²) in [6, 6.07) is 2.49. The number of rotatable bonds is 4. The van der Waals surface area contributed by atoms with Crippen LogP contribution < -0.4 is 14.8 Å². The fourth-order valence-corrected chi connectivity index (χ4v) is 2.61. The van der Waals surface area contributed by atoms with Crippen molar-refractivity contribution < 1.29 is 28.9 Å². The van der Waals surface area contributed by atoms with Crippen molar-refractivity contribution in [1.29, 1.82) is 0 Å². The number of carboxylic acid groups (broad SMARTS) is 1. The third-order valence-electron chi connectivity index (χ3n) is 3.67. The topological polar surface area (TPSA) is 110 Å². The highest BCUT2D eigenvalue weighted by Gasteiger charge is 2.26. The molecule has 1 amide bonds. The van der Waals surface area contributed by atoms with Crippen LogP contribution in [0, 0.1) is 0 Å². The number of benzene rings is 1. The molecule has 1 aliphatic heterocycles. The van der Waals surface area contributed by atoms with Crippen LogP contribution in [0.5, 0.6) is 11.5 Å². The molecule has 0 radical (unpaired) electrons. The molecule has 1 unspecified atom stereocenters. The van der Waals surface area contributed by atoms with E-state index in [-0.39, 0.29) is 13.2 Å². The van der Waals surface area contributed by atoms with E-state index in [0.717, 1.165) is 16.5 Å². The number of amides is 1. The monoisotopic (exact) mass is 348 g/mol. The van der Waals surface area contributed by atoms with E-state index in [1.165, 1.54) is 0 Å². The predicted molar refractivity (Wildman–Crippen MR) is 88.9 cm³/mol. The van der Waals surface area contributed by atoms with E-state index in [1.807, 2.05) is 0 Å². The van der Waals surface area contributed by atoms with Crippen molar-refractivity contribution in [3.8, 4) is 11.5 Å².